The number of hydrogen-bond donors (Lipinski definition) is 3. The number of anilines is 1. The molecule has 1 saturated carbocycles. The molecular weight excluding hydrogens is 382 g/mol. The Morgan fingerprint density at radius 3 is 2.65 bits per heavy atom. The fourth-order valence-corrected chi connectivity index (χ4v) is 3.91. The summed E-state index contributed by atoms with van der Waals surface area (Å²) in [6, 6.07) is 15.5. The summed E-state index contributed by atoms with van der Waals surface area (Å²) in [6.07, 6.45) is 6.13. The molecule has 2 heterocycles. The zero-order valence-electron chi connectivity index (χ0n) is 18.0. The van der Waals surface area contributed by atoms with E-state index in [0.717, 1.165) is 51.2 Å². The van der Waals surface area contributed by atoms with Gasteiger partial charge in [-0.1, -0.05) is 36.4 Å². The first kappa shape index (κ1) is 19.4. The van der Waals surface area contributed by atoms with Crippen LogP contribution in [0, 0.1) is 13.8 Å². The van der Waals surface area contributed by atoms with Gasteiger partial charge in [0.2, 0.25) is 0 Å². The molecule has 1 aliphatic carbocycles. The number of aromatic nitrogens is 3. The van der Waals surface area contributed by atoms with E-state index < -0.39 is 0 Å². The number of nitrogens with one attached hydrogen (secondary N) is 3. The zero-order chi connectivity index (χ0) is 21.4. The van der Waals surface area contributed by atoms with Crippen LogP contribution in [0.1, 0.15) is 35.1 Å². The van der Waals surface area contributed by atoms with E-state index >= 15 is 0 Å². The molecule has 2 aromatic carbocycles. The van der Waals surface area contributed by atoms with Crippen molar-refractivity contribution in [2.24, 2.45) is 0 Å². The minimum absolute atomic E-state index is 0.534. The van der Waals surface area contributed by atoms with Gasteiger partial charge >= 0.3 is 0 Å². The van der Waals surface area contributed by atoms with Crippen molar-refractivity contribution in [1.82, 2.24) is 20.5 Å². The molecule has 1 aliphatic rings. The first-order valence-corrected chi connectivity index (χ1v) is 10.8. The number of pyridine rings is 1. The lowest BCUT2D eigenvalue weighted by Crippen LogP contribution is -2.15. The number of rotatable bonds is 7. The van der Waals surface area contributed by atoms with Gasteiger partial charge < -0.3 is 10.6 Å². The molecule has 0 aliphatic heterocycles. The summed E-state index contributed by atoms with van der Waals surface area (Å²) >= 11 is 0. The molecule has 0 saturated heterocycles. The second kappa shape index (κ2) is 7.91. The lowest BCUT2D eigenvalue weighted by molar-refractivity contribution is 0.884. The Bertz CT molecular complexity index is 1240. The van der Waals surface area contributed by atoms with Crippen LogP contribution in [-0.4, -0.2) is 21.2 Å². The Kier molecular flexibility index (Phi) is 4.94. The molecule has 0 spiro atoms. The SMILES string of the molecule is C=C(NC1CC1)c1cnc2cc(C)c(-c3ccn[nH]3)cc2c1NCc1ccc(C)cc1. The number of H-pyrrole nitrogens is 1. The van der Waals surface area contributed by atoms with E-state index in [1.807, 2.05) is 12.3 Å². The van der Waals surface area contributed by atoms with Crippen molar-refractivity contribution in [3.8, 4) is 11.3 Å². The van der Waals surface area contributed by atoms with Crippen LogP contribution in [0.3, 0.4) is 0 Å². The molecule has 2 aromatic heterocycles. The van der Waals surface area contributed by atoms with E-state index in [1.54, 1.807) is 6.20 Å². The fraction of sp³-hybridized carbons (Fsp3) is 0.231. The smallest absolute Gasteiger partial charge is 0.0726 e. The number of aromatic amines is 1. The van der Waals surface area contributed by atoms with E-state index in [1.165, 1.54) is 24.0 Å². The van der Waals surface area contributed by atoms with Crippen LogP contribution >= 0.6 is 0 Å². The summed E-state index contributed by atoms with van der Waals surface area (Å²) in [5.74, 6) is 0. The van der Waals surface area contributed by atoms with Gasteiger partial charge in [0.15, 0.2) is 0 Å². The van der Waals surface area contributed by atoms with Crippen LogP contribution in [-0.2, 0) is 6.54 Å². The number of hydrogen-bond acceptors (Lipinski definition) is 4. The van der Waals surface area contributed by atoms with Crippen LogP contribution in [0.15, 0.2) is 61.4 Å². The van der Waals surface area contributed by atoms with Crippen molar-refractivity contribution < 1.29 is 0 Å². The third-order valence-corrected chi connectivity index (χ3v) is 5.88. The molecule has 0 radical (unpaired) electrons. The standard InChI is InChI=1S/C26H27N5/c1-16-4-6-19(7-5-16)14-28-26-22-13-21(24-10-11-29-31-24)17(2)12-25(22)27-15-23(26)18(3)30-20-8-9-20/h4-7,10-13,15,20,30H,3,8-9,14H2,1-2H3,(H,27,28)(H,29,31). The van der Waals surface area contributed by atoms with Gasteiger partial charge in [0.05, 0.1) is 16.9 Å². The predicted molar refractivity (Wildman–Crippen MR) is 128 cm³/mol. The average Bonchev–Trinajstić information content (AvgIpc) is 3.41. The van der Waals surface area contributed by atoms with Gasteiger partial charge in [-0.15, -0.1) is 0 Å². The van der Waals surface area contributed by atoms with Gasteiger partial charge in [-0.25, -0.2) is 0 Å². The summed E-state index contributed by atoms with van der Waals surface area (Å²) < 4.78 is 0. The van der Waals surface area contributed by atoms with Crippen molar-refractivity contribution in [3.05, 3.63) is 83.7 Å². The summed E-state index contributed by atoms with van der Waals surface area (Å²) in [5.41, 5.74) is 9.77. The predicted octanol–water partition coefficient (Wildman–Crippen LogP) is 5.58. The largest absolute Gasteiger partial charge is 0.382 e. The number of nitrogens with zero attached hydrogens (tertiary/aromatic N) is 2. The Labute approximate surface area is 182 Å². The molecule has 5 heteroatoms. The number of aryl methyl sites for hydroxylation is 2. The van der Waals surface area contributed by atoms with Crippen molar-refractivity contribution in [2.45, 2.75) is 39.3 Å². The van der Waals surface area contributed by atoms with Gasteiger partial charge in [0.25, 0.3) is 0 Å². The normalized spacial score (nSPS) is 13.4. The molecule has 1 fully saturated rings. The van der Waals surface area contributed by atoms with E-state index in [-0.39, 0.29) is 0 Å². The van der Waals surface area contributed by atoms with Crippen LogP contribution in [0.4, 0.5) is 5.69 Å². The highest BCUT2D eigenvalue weighted by Gasteiger charge is 2.23. The van der Waals surface area contributed by atoms with Crippen LogP contribution in [0.25, 0.3) is 27.9 Å². The number of fused-ring (bicyclic) bond motifs is 1. The van der Waals surface area contributed by atoms with Crippen molar-refractivity contribution in [1.29, 1.82) is 0 Å². The fourth-order valence-electron chi connectivity index (χ4n) is 3.91. The van der Waals surface area contributed by atoms with Gasteiger partial charge in [-0.05, 0) is 56.0 Å². The molecule has 5 rings (SSSR count). The minimum atomic E-state index is 0.534. The molecule has 31 heavy (non-hydrogen) atoms. The maximum Gasteiger partial charge on any atom is 0.0726 e. The lowest BCUT2D eigenvalue weighted by Gasteiger charge is -2.18. The third kappa shape index (κ3) is 4.04. The Hall–Kier alpha value is -3.60. The minimum Gasteiger partial charge on any atom is -0.382 e. The van der Waals surface area contributed by atoms with Crippen LogP contribution in [0.2, 0.25) is 0 Å². The molecule has 5 nitrogen and oxygen atoms in total. The first-order chi connectivity index (χ1) is 15.1. The highest BCUT2D eigenvalue weighted by Crippen LogP contribution is 2.35. The first-order valence-electron chi connectivity index (χ1n) is 10.8. The van der Waals surface area contributed by atoms with Gasteiger partial charge in [0, 0.05) is 47.2 Å². The monoisotopic (exact) mass is 409 g/mol. The topological polar surface area (TPSA) is 65.6 Å². The van der Waals surface area contributed by atoms with E-state index in [9.17, 15) is 0 Å². The second-order valence-corrected chi connectivity index (χ2v) is 8.44. The Morgan fingerprint density at radius 2 is 1.94 bits per heavy atom. The molecule has 0 unspecified atom stereocenters. The quantitative estimate of drug-likeness (QED) is 0.373. The maximum atomic E-state index is 4.77. The lowest BCUT2D eigenvalue weighted by atomic mass is 9.99. The van der Waals surface area contributed by atoms with Gasteiger partial charge in [0.1, 0.15) is 0 Å². The van der Waals surface area contributed by atoms with Crippen LogP contribution < -0.4 is 10.6 Å². The second-order valence-electron chi connectivity index (χ2n) is 8.44. The highest BCUT2D eigenvalue weighted by molar-refractivity contribution is 5.99. The van der Waals surface area contributed by atoms with Crippen molar-refractivity contribution in [2.75, 3.05) is 5.32 Å². The van der Waals surface area contributed by atoms with Crippen molar-refractivity contribution in [3.63, 3.8) is 0 Å². The summed E-state index contributed by atoms with van der Waals surface area (Å²) in [4.78, 5) is 4.77. The third-order valence-electron chi connectivity index (χ3n) is 5.88. The molecule has 3 N–H and O–H groups in total. The number of benzene rings is 2. The van der Waals surface area contributed by atoms with Gasteiger partial charge in [-0.2, -0.15) is 5.10 Å². The van der Waals surface area contributed by atoms with Crippen LogP contribution in [0.5, 0.6) is 0 Å². The Balaban J connectivity index is 1.60. The highest BCUT2D eigenvalue weighted by atomic mass is 15.1. The molecule has 0 amide bonds. The van der Waals surface area contributed by atoms with Gasteiger partial charge in [-0.3, -0.25) is 10.1 Å². The molecular formula is C26H27N5. The molecule has 4 aromatic rings. The summed E-state index contributed by atoms with van der Waals surface area (Å²) in [7, 11) is 0. The average molecular weight is 410 g/mol. The summed E-state index contributed by atoms with van der Waals surface area (Å²) in [5, 5.41) is 15.5. The maximum absolute atomic E-state index is 4.77. The molecule has 0 bridgehead atoms. The zero-order valence-corrected chi connectivity index (χ0v) is 18.0. The van der Waals surface area contributed by atoms with E-state index in [4.69, 9.17) is 4.98 Å². The Morgan fingerprint density at radius 1 is 1.13 bits per heavy atom. The molecule has 0 atom stereocenters. The van der Waals surface area contributed by atoms with Crippen molar-refractivity contribution >= 4 is 22.3 Å². The molecule has 156 valence electrons. The van der Waals surface area contributed by atoms with E-state index in [0.29, 0.717) is 6.04 Å². The summed E-state index contributed by atoms with van der Waals surface area (Å²) in [6.45, 7) is 9.27. The van der Waals surface area contributed by atoms with E-state index in [2.05, 4.69) is 77.7 Å².